The fourth-order valence-corrected chi connectivity index (χ4v) is 2.43. The second-order valence-electron chi connectivity index (χ2n) is 5.50. The maximum absolute atomic E-state index is 11.5. The minimum atomic E-state index is -0.588. The second kappa shape index (κ2) is 7.74. The topological polar surface area (TPSA) is 64.3 Å². The number of hydrogen-bond donors (Lipinski definition) is 2. The predicted molar refractivity (Wildman–Crippen MR) is 73.3 cm³/mol. The van der Waals surface area contributed by atoms with Crippen LogP contribution in [0.2, 0.25) is 0 Å². The van der Waals surface area contributed by atoms with Crippen molar-refractivity contribution in [1.29, 1.82) is 0 Å². The number of primary amides is 1. The Morgan fingerprint density at radius 1 is 1.44 bits per heavy atom. The van der Waals surface area contributed by atoms with E-state index in [2.05, 4.69) is 12.2 Å². The molecule has 1 aliphatic carbocycles. The monoisotopic (exact) mass is 256 g/mol. The summed E-state index contributed by atoms with van der Waals surface area (Å²) in [6.45, 7) is 5.53. The van der Waals surface area contributed by atoms with Crippen molar-refractivity contribution in [3.8, 4) is 0 Å². The number of nitrogens with two attached hydrogens (primary N) is 1. The van der Waals surface area contributed by atoms with Gasteiger partial charge in [0.05, 0.1) is 11.6 Å². The minimum absolute atomic E-state index is 0.267. The van der Waals surface area contributed by atoms with Crippen molar-refractivity contribution in [2.45, 2.75) is 70.4 Å². The lowest BCUT2D eigenvalue weighted by atomic mass is 9.95. The largest absolute Gasteiger partial charge is 0.378 e. The molecule has 0 aromatic heterocycles. The van der Waals surface area contributed by atoms with Gasteiger partial charge in [-0.15, -0.1) is 0 Å². The van der Waals surface area contributed by atoms with Crippen LogP contribution in [0.3, 0.4) is 0 Å². The number of amides is 1. The maximum atomic E-state index is 11.5. The SMILES string of the molecule is CCCNC(C)(CCCOC1CCCC1)C(N)=O. The summed E-state index contributed by atoms with van der Waals surface area (Å²) in [5.41, 5.74) is 4.89. The van der Waals surface area contributed by atoms with Crippen molar-refractivity contribution >= 4 is 5.91 Å². The molecule has 3 N–H and O–H groups in total. The first-order chi connectivity index (χ1) is 8.58. The van der Waals surface area contributed by atoms with Crippen molar-refractivity contribution in [1.82, 2.24) is 5.32 Å². The fraction of sp³-hybridized carbons (Fsp3) is 0.929. The summed E-state index contributed by atoms with van der Waals surface area (Å²) < 4.78 is 5.80. The van der Waals surface area contributed by atoms with Gasteiger partial charge in [-0.1, -0.05) is 19.8 Å². The van der Waals surface area contributed by atoms with Gasteiger partial charge in [0.1, 0.15) is 0 Å². The molecular weight excluding hydrogens is 228 g/mol. The lowest BCUT2D eigenvalue weighted by molar-refractivity contribution is -0.124. The van der Waals surface area contributed by atoms with Crippen LogP contribution in [0.5, 0.6) is 0 Å². The molecule has 0 bridgehead atoms. The van der Waals surface area contributed by atoms with Gasteiger partial charge in [0.2, 0.25) is 5.91 Å². The third kappa shape index (κ3) is 4.94. The van der Waals surface area contributed by atoms with Crippen LogP contribution in [-0.4, -0.2) is 30.7 Å². The molecule has 1 amide bonds. The van der Waals surface area contributed by atoms with Crippen molar-refractivity contribution in [3.05, 3.63) is 0 Å². The summed E-state index contributed by atoms with van der Waals surface area (Å²) >= 11 is 0. The van der Waals surface area contributed by atoms with Crippen LogP contribution in [0.4, 0.5) is 0 Å². The van der Waals surface area contributed by atoms with Gasteiger partial charge in [0, 0.05) is 6.61 Å². The number of rotatable bonds is 9. The average molecular weight is 256 g/mol. The van der Waals surface area contributed by atoms with E-state index in [1.165, 1.54) is 25.7 Å². The van der Waals surface area contributed by atoms with Crippen LogP contribution in [0.25, 0.3) is 0 Å². The summed E-state index contributed by atoms with van der Waals surface area (Å²) in [6.07, 6.45) is 8.06. The van der Waals surface area contributed by atoms with Crippen LogP contribution in [-0.2, 0) is 9.53 Å². The molecule has 1 rings (SSSR count). The van der Waals surface area contributed by atoms with Crippen LogP contribution in [0.1, 0.15) is 58.8 Å². The summed E-state index contributed by atoms with van der Waals surface area (Å²) in [4.78, 5) is 11.5. The molecule has 1 fully saturated rings. The molecule has 0 aliphatic heterocycles. The van der Waals surface area contributed by atoms with Gasteiger partial charge in [0.15, 0.2) is 0 Å². The van der Waals surface area contributed by atoms with Gasteiger partial charge in [-0.05, 0) is 45.6 Å². The second-order valence-corrected chi connectivity index (χ2v) is 5.50. The van der Waals surface area contributed by atoms with E-state index in [0.29, 0.717) is 6.10 Å². The average Bonchev–Trinajstić information content (AvgIpc) is 2.85. The van der Waals surface area contributed by atoms with E-state index in [4.69, 9.17) is 10.5 Å². The number of ether oxygens (including phenoxy) is 1. The fourth-order valence-electron chi connectivity index (χ4n) is 2.43. The number of carbonyl (C=O) groups is 1. The highest BCUT2D eigenvalue weighted by Gasteiger charge is 2.29. The maximum Gasteiger partial charge on any atom is 0.237 e. The van der Waals surface area contributed by atoms with E-state index >= 15 is 0 Å². The van der Waals surface area contributed by atoms with Crippen LogP contribution in [0, 0.1) is 0 Å². The molecule has 0 spiro atoms. The molecule has 1 saturated carbocycles. The van der Waals surface area contributed by atoms with Crippen LogP contribution in [0.15, 0.2) is 0 Å². The molecule has 0 heterocycles. The summed E-state index contributed by atoms with van der Waals surface area (Å²) in [7, 11) is 0. The van der Waals surface area contributed by atoms with Gasteiger partial charge >= 0.3 is 0 Å². The molecule has 0 aromatic carbocycles. The highest BCUT2D eigenvalue weighted by atomic mass is 16.5. The zero-order valence-electron chi connectivity index (χ0n) is 11.8. The van der Waals surface area contributed by atoms with E-state index in [1.54, 1.807) is 0 Å². The lowest BCUT2D eigenvalue weighted by Crippen LogP contribution is -2.53. The van der Waals surface area contributed by atoms with Gasteiger partial charge in [-0.2, -0.15) is 0 Å². The third-order valence-corrected chi connectivity index (χ3v) is 3.79. The first-order valence-corrected chi connectivity index (χ1v) is 7.25. The number of carbonyl (C=O) groups excluding carboxylic acids is 1. The molecule has 1 atom stereocenters. The molecule has 0 radical (unpaired) electrons. The zero-order valence-corrected chi connectivity index (χ0v) is 11.8. The molecule has 4 nitrogen and oxygen atoms in total. The standard InChI is InChI=1S/C14H28N2O2/c1-3-10-16-14(2,13(15)17)9-6-11-18-12-7-4-5-8-12/h12,16H,3-11H2,1-2H3,(H2,15,17). The third-order valence-electron chi connectivity index (χ3n) is 3.79. The first kappa shape index (κ1) is 15.4. The molecule has 106 valence electrons. The molecule has 4 heteroatoms. The van der Waals surface area contributed by atoms with E-state index < -0.39 is 5.54 Å². The molecule has 0 saturated heterocycles. The van der Waals surface area contributed by atoms with Crippen LogP contribution >= 0.6 is 0 Å². The Kier molecular flexibility index (Phi) is 6.65. The Morgan fingerprint density at radius 2 is 2.11 bits per heavy atom. The molecule has 1 unspecified atom stereocenters. The van der Waals surface area contributed by atoms with E-state index in [1.807, 2.05) is 6.92 Å². The Morgan fingerprint density at radius 3 is 2.67 bits per heavy atom. The van der Waals surface area contributed by atoms with Gasteiger partial charge in [-0.3, -0.25) is 4.79 Å². The quantitative estimate of drug-likeness (QED) is 0.620. The Balaban J connectivity index is 2.21. The molecule has 0 aromatic rings. The smallest absolute Gasteiger partial charge is 0.237 e. The predicted octanol–water partition coefficient (Wildman–Crippen LogP) is 1.97. The summed E-state index contributed by atoms with van der Waals surface area (Å²) in [5, 5.41) is 3.24. The lowest BCUT2D eigenvalue weighted by Gasteiger charge is -2.27. The van der Waals surface area contributed by atoms with Gasteiger partial charge < -0.3 is 15.8 Å². The van der Waals surface area contributed by atoms with Gasteiger partial charge in [-0.25, -0.2) is 0 Å². The highest BCUT2D eigenvalue weighted by molar-refractivity contribution is 5.84. The molecule has 18 heavy (non-hydrogen) atoms. The summed E-state index contributed by atoms with van der Waals surface area (Å²) in [5.74, 6) is -0.267. The summed E-state index contributed by atoms with van der Waals surface area (Å²) in [6, 6.07) is 0. The van der Waals surface area contributed by atoms with E-state index in [9.17, 15) is 4.79 Å². The van der Waals surface area contributed by atoms with Crippen molar-refractivity contribution in [2.75, 3.05) is 13.2 Å². The Bertz CT molecular complexity index is 252. The number of nitrogens with one attached hydrogen (secondary N) is 1. The van der Waals surface area contributed by atoms with Crippen molar-refractivity contribution in [3.63, 3.8) is 0 Å². The Hall–Kier alpha value is -0.610. The molecule has 1 aliphatic rings. The first-order valence-electron chi connectivity index (χ1n) is 7.25. The zero-order chi connectivity index (χ0) is 13.4. The van der Waals surface area contributed by atoms with Crippen LogP contribution < -0.4 is 11.1 Å². The molecular formula is C14H28N2O2. The van der Waals surface area contributed by atoms with E-state index in [0.717, 1.165) is 32.4 Å². The van der Waals surface area contributed by atoms with Gasteiger partial charge in [0.25, 0.3) is 0 Å². The Labute approximate surface area is 111 Å². The number of hydrogen-bond acceptors (Lipinski definition) is 3. The van der Waals surface area contributed by atoms with E-state index in [-0.39, 0.29) is 5.91 Å². The van der Waals surface area contributed by atoms with Crippen molar-refractivity contribution in [2.24, 2.45) is 5.73 Å². The normalized spacial score (nSPS) is 19.9. The minimum Gasteiger partial charge on any atom is -0.378 e. The van der Waals surface area contributed by atoms with Crippen molar-refractivity contribution < 1.29 is 9.53 Å². The highest BCUT2D eigenvalue weighted by Crippen LogP contribution is 2.21.